The molecule has 1 saturated carbocycles. The smallest absolute Gasteiger partial charge is 0.436 e. The van der Waals surface area contributed by atoms with E-state index in [-0.39, 0.29) is 27.5 Å². The van der Waals surface area contributed by atoms with Gasteiger partial charge in [-0.05, 0) is 53.0 Å². The quantitative estimate of drug-likeness (QED) is 0.262. The molecule has 0 radical (unpaired) electrons. The van der Waals surface area contributed by atoms with Gasteiger partial charge in [0.05, 0.1) is 26.8 Å². The molecule has 34 heavy (non-hydrogen) atoms. The number of hydrogen-bond acceptors (Lipinski definition) is 5. The molecule has 1 heterocycles. The van der Waals surface area contributed by atoms with Gasteiger partial charge in [0.2, 0.25) is 5.91 Å². The zero-order chi connectivity index (χ0) is 24.6. The number of rotatable bonds is 7. The maximum Gasteiger partial charge on any atom is 0.436 e. The van der Waals surface area contributed by atoms with Gasteiger partial charge in [-0.15, -0.1) is 0 Å². The Labute approximate surface area is 203 Å². The van der Waals surface area contributed by atoms with Crippen LogP contribution in [0.15, 0.2) is 46.9 Å². The van der Waals surface area contributed by atoms with Gasteiger partial charge in [0.25, 0.3) is 5.69 Å². The van der Waals surface area contributed by atoms with Crippen LogP contribution in [0.4, 0.5) is 24.5 Å². The topological polar surface area (TPSA) is 99.3 Å². The molecule has 1 aliphatic carbocycles. The molecule has 0 saturated heterocycles. The van der Waals surface area contributed by atoms with Crippen LogP contribution in [0.5, 0.6) is 11.5 Å². The Morgan fingerprint density at radius 3 is 2.50 bits per heavy atom. The van der Waals surface area contributed by atoms with E-state index < -0.39 is 29.2 Å². The molecule has 8 nitrogen and oxygen atoms in total. The fourth-order valence-corrected chi connectivity index (χ4v) is 4.26. The largest absolute Gasteiger partial charge is 0.457 e. The zero-order valence-corrected chi connectivity index (χ0v) is 19.4. The number of anilines is 1. The Bertz CT molecular complexity index is 1260. The van der Waals surface area contributed by atoms with Crippen molar-refractivity contribution < 1.29 is 27.6 Å². The number of benzene rings is 2. The van der Waals surface area contributed by atoms with Crippen LogP contribution in [-0.2, 0) is 17.5 Å². The summed E-state index contributed by atoms with van der Waals surface area (Å²) < 4.78 is 46.3. The summed E-state index contributed by atoms with van der Waals surface area (Å²) in [4.78, 5) is 23.3. The molecule has 2 aromatic carbocycles. The highest BCUT2D eigenvalue weighted by atomic mass is 79.9. The predicted molar refractivity (Wildman–Crippen MR) is 120 cm³/mol. The van der Waals surface area contributed by atoms with Crippen molar-refractivity contribution >= 4 is 44.8 Å². The molecule has 1 aliphatic rings. The van der Waals surface area contributed by atoms with Crippen molar-refractivity contribution in [3.8, 4) is 11.5 Å². The van der Waals surface area contributed by atoms with E-state index >= 15 is 0 Å². The standard InChI is InChI=1S/C21H15BrClF3N4O4/c22-18-19(11-1-2-11)29(28-20(18)21(24,25)26)10-17(31)27-13-7-14(30(32)33)9-16(8-13)34-15-5-3-12(23)4-6-15/h3-9,11H,1-2,10H2,(H,27,31). The fraction of sp³-hybridized carbons (Fsp3) is 0.238. The average molecular weight is 560 g/mol. The van der Waals surface area contributed by atoms with Crippen LogP contribution in [0, 0.1) is 10.1 Å². The van der Waals surface area contributed by atoms with Crippen molar-refractivity contribution in [2.45, 2.75) is 31.5 Å². The summed E-state index contributed by atoms with van der Waals surface area (Å²) in [6.45, 7) is -0.503. The number of nitro groups is 1. The number of amides is 1. The van der Waals surface area contributed by atoms with Crippen LogP contribution < -0.4 is 10.1 Å². The second-order valence-electron chi connectivity index (χ2n) is 7.55. The minimum absolute atomic E-state index is 0.0402. The Balaban J connectivity index is 1.56. The molecule has 1 N–H and O–H groups in total. The Morgan fingerprint density at radius 2 is 1.91 bits per heavy atom. The van der Waals surface area contributed by atoms with Crippen LogP contribution in [-0.4, -0.2) is 20.6 Å². The first-order valence-corrected chi connectivity index (χ1v) is 11.0. The van der Waals surface area contributed by atoms with E-state index in [1.807, 2.05) is 0 Å². The predicted octanol–water partition coefficient (Wildman–Crippen LogP) is 6.53. The minimum atomic E-state index is -4.68. The van der Waals surface area contributed by atoms with Gasteiger partial charge in [-0.25, -0.2) is 0 Å². The Morgan fingerprint density at radius 1 is 1.24 bits per heavy atom. The molecular weight excluding hydrogens is 545 g/mol. The third-order valence-corrected chi connectivity index (χ3v) is 5.93. The SMILES string of the molecule is O=C(Cn1nc(C(F)(F)F)c(Br)c1C1CC1)Nc1cc(Oc2ccc(Cl)cc2)cc([N+](=O)[O-])c1. The van der Waals surface area contributed by atoms with Gasteiger partial charge in [0, 0.05) is 23.1 Å². The van der Waals surface area contributed by atoms with E-state index in [1.54, 1.807) is 24.3 Å². The number of nitrogens with zero attached hydrogens (tertiary/aromatic N) is 3. The first-order chi connectivity index (χ1) is 16.0. The van der Waals surface area contributed by atoms with Gasteiger partial charge in [0.1, 0.15) is 18.0 Å². The van der Waals surface area contributed by atoms with Crippen molar-refractivity contribution in [3.63, 3.8) is 0 Å². The van der Waals surface area contributed by atoms with E-state index in [9.17, 15) is 28.1 Å². The number of aromatic nitrogens is 2. The number of nitro benzene ring substituents is 1. The lowest BCUT2D eigenvalue weighted by atomic mass is 10.2. The summed E-state index contributed by atoms with van der Waals surface area (Å²) in [6, 6.07) is 9.93. The van der Waals surface area contributed by atoms with Crippen molar-refractivity contribution in [2.24, 2.45) is 0 Å². The number of nitrogens with one attached hydrogen (secondary N) is 1. The van der Waals surface area contributed by atoms with Crippen LogP contribution in [0.1, 0.15) is 30.1 Å². The normalized spacial score (nSPS) is 13.6. The van der Waals surface area contributed by atoms with Gasteiger partial charge in [-0.3, -0.25) is 19.6 Å². The number of carbonyl (C=O) groups is 1. The van der Waals surface area contributed by atoms with Crippen LogP contribution in [0.25, 0.3) is 0 Å². The van der Waals surface area contributed by atoms with Gasteiger partial charge < -0.3 is 10.1 Å². The Kier molecular flexibility index (Phi) is 6.54. The van der Waals surface area contributed by atoms with Crippen molar-refractivity contribution in [3.05, 3.63) is 73.5 Å². The average Bonchev–Trinajstić information content (AvgIpc) is 3.52. The third kappa shape index (κ3) is 5.50. The number of carbonyl (C=O) groups excluding carboxylic acids is 1. The summed E-state index contributed by atoms with van der Waals surface area (Å²) in [7, 11) is 0. The summed E-state index contributed by atoms with van der Waals surface area (Å²) in [5.74, 6) is -0.393. The minimum Gasteiger partial charge on any atom is -0.457 e. The monoisotopic (exact) mass is 558 g/mol. The van der Waals surface area contributed by atoms with Crippen molar-refractivity contribution in [2.75, 3.05) is 5.32 Å². The van der Waals surface area contributed by atoms with Gasteiger partial charge in [-0.2, -0.15) is 18.3 Å². The molecule has 0 atom stereocenters. The van der Waals surface area contributed by atoms with E-state index in [4.69, 9.17) is 16.3 Å². The first-order valence-electron chi connectivity index (χ1n) is 9.87. The summed E-state index contributed by atoms with van der Waals surface area (Å²) in [5, 5.41) is 17.9. The van der Waals surface area contributed by atoms with Gasteiger partial charge in [-0.1, -0.05) is 11.6 Å². The van der Waals surface area contributed by atoms with E-state index in [0.717, 1.165) is 10.7 Å². The molecule has 13 heteroatoms. The second-order valence-corrected chi connectivity index (χ2v) is 8.78. The molecule has 1 aromatic heterocycles. The van der Waals surface area contributed by atoms with E-state index in [0.29, 0.717) is 29.3 Å². The van der Waals surface area contributed by atoms with Crippen LogP contribution in [0.2, 0.25) is 5.02 Å². The number of alkyl halides is 3. The van der Waals surface area contributed by atoms with Crippen LogP contribution >= 0.6 is 27.5 Å². The molecule has 4 rings (SSSR count). The lowest BCUT2D eigenvalue weighted by molar-refractivity contribution is -0.384. The lowest BCUT2D eigenvalue weighted by Gasteiger charge is -2.11. The van der Waals surface area contributed by atoms with Crippen molar-refractivity contribution in [1.82, 2.24) is 9.78 Å². The first kappa shape index (κ1) is 24.0. The van der Waals surface area contributed by atoms with E-state index in [1.165, 1.54) is 12.1 Å². The molecule has 1 amide bonds. The number of ether oxygens (including phenoxy) is 1. The molecule has 0 aliphatic heterocycles. The second kappa shape index (κ2) is 9.26. The van der Waals surface area contributed by atoms with Gasteiger partial charge >= 0.3 is 6.18 Å². The maximum absolute atomic E-state index is 13.3. The highest BCUT2D eigenvalue weighted by molar-refractivity contribution is 9.10. The number of hydrogen-bond donors (Lipinski definition) is 1. The van der Waals surface area contributed by atoms with Gasteiger partial charge in [0.15, 0.2) is 5.69 Å². The zero-order valence-electron chi connectivity index (χ0n) is 17.1. The molecule has 178 valence electrons. The molecule has 0 spiro atoms. The molecular formula is C21H15BrClF3N4O4. The molecule has 0 unspecified atom stereocenters. The summed E-state index contributed by atoms with van der Waals surface area (Å²) >= 11 is 8.81. The molecule has 1 fully saturated rings. The highest BCUT2D eigenvalue weighted by Crippen LogP contribution is 2.47. The fourth-order valence-electron chi connectivity index (χ4n) is 3.30. The lowest BCUT2D eigenvalue weighted by Crippen LogP contribution is -2.21. The maximum atomic E-state index is 13.3. The Hall–Kier alpha value is -3.12. The third-order valence-electron chi connectivity index (χ3n) is 4.89. The highest BCUT2D eigenvalue weighted by Gasteiger charge is 2.42. The number of non-ortho nitro benzene ring substituents is 1. The van der Waals surface area contributed by atoms with Crippen molar-refractivity contribution in [1.29, 1.82) is 0 Å². The number of halogens is 5. The molecule has 3 aromatic rings. The molecule has 0 bridgehead atoms. The van der Waals surface area contributed by atoms with E-state index in [2.05, 4.69) is 26.3 Å². The summed E-state index contributed by atoms with van der Waals surface area (Å²) in [5.41, 5.74) is -1.11. The van der Waals surface area contributed by atoms with Crippen LogP contribution in [0.3, 0.4) is 0 Å². The summed E-state index contributed by atoms with van der Waals surface area (Å²) in [6.07, 6.45) is -3.29.